The lowest BCUT2D eigenvalue weighted by Gasteiger charge is -2.08. The Morgan fingerprint density at radius 1 is 1.32 bits per heavy atom. The van der Waals surface area contributed by atoms with Gasteiger partial charge in [0.05, 0.1) is 16.0 Å². The number of rotatable bonds is 1. The second-order valence-electron chi connectivity index (χ2n) is 4.49. The van der Waals surface area contributed by atoms with Gasteiger partial charge < -0.3 is 10.8 Å². The van der Waals surface area contributed by atoms with Crippen LogP contribution in [-0.4, -0.2) is 14.6 Å². The summed E-state index contributed by atoms with van der Waals surface area (Å²) in [5.41, 5.74) is 0.123. The molecule has 19 heavy (non-hydrogen) atoms. The first kappa shape index (κ1) is 11.5. The Balaban J connectivity index is 2.56. The summed E-state index contributed by atoms with van der Waals surface area (Å²) in [4.78, 5) is 36.0. The number of nitro benzene ring substituents is 1. The maximum atomic E-state index is 11.5. The Morgan fingerprint density at radius 2 is 2.00 bits per heavy atom. The highest BCUT2D eigenvalue weighted by Gasteiger charge is 2.26. The van der Waals surface area contributed by atoms with Gasteiger partial charge in [-0.1, -0.05) is 0 Å². The second kappa shape index (κ2) is 3.67. The average Bonchev–Trinajstić information content (AvgIpc) is 2.84. The van der Waals surface area contributed by atoms with Crippen LogP contribution in [0.25, 0.3) is 11.0 Å². The number of nitrogen functional groups attached to an aromatic ring is 1. The van der Waals surface area contributed by atoms with Crippen LogP contribution in [-0.2, 0) is 12.8 Å². The van der Waals surface area contributed by atoms with Gasteiger partial charge in [-0.2, -0.15) is 0 Å². The fraction of sp³-hybridized carbons (Fsp3) is 0.273. The van der Waals surface area contributed by atoms with Crippen LogP contribution >= 0.6 is 0 Å². The first-order valence-electron chi connectivity index (χ1n) is 5.74. The molecule has 0 spiro atoms. The predicted molar refractivity (Wildman–Crippen MR) is 67.7 cm³/mol. The number of nitrogens with one attached hydrogen (secondary N) is 1. The minimum absolute atomic E-state index is 0.0503. The normalized spacial score (nSPS) is 13.7. The lowest BCUT2D eigenvalue weighted by molar-refractivity contribution is -0.385. The molecule has 1 aliphatic rings. The maximum Gasteiger partial charge on any atom is 0.334 e. The standard InChI is InChI=1S/C11H10N4O4/c12-14-8-4-7(15(18)19)5-2-1-3-6(5)9(8)13-10(16)11(14)17/h4H,1-3,12H2,(H,13,16). The molecule has 0 atom stereocenters. The largest absolute Gasteiger partial charge is 0.336 e. The first-order chi connectivity index (χ1) is 9.00. The molecule has 0 radical (unpaired) electrons. The molecular formula is C11H10N4O4. The molecule has 0 bridgehead atoms. The van der Waals surface area contributed by atoms with E-state index in [1.165, 1.54) is 6.07 Å². The summed E-state index contributed by atoms with van der Waals surface area (Å²) in [5.74, 6) is 5.54. The van der Waals surface area contributed by atoms with Gasteiger partial charge in [-0.05, 0) is 24.8 Å². The number of aryl methyl sites for hydroxylation is 1. The zero-order valence-electron chi connectivity index (χ0n) is 9.80. The van der Waals surface area contributed by atoms with E-state index < -0.39 is 16.0 Å². The number of nitrogens with two attached hydrogens (primary N) is 1. The molecule has 0 saturated heterocycles. The van der Waals surface area contributed by atoms with Crippen molar-refractivity contribution in [3.05, 3.63) is 48.0 Å². The fourth-order valence-corrected chi connectivity index (χ4v) is 2.62. The van der Waals surface area contributed by atoms with Crippen molar-refractivity contribution in [2.45, 2.75) is 19.3 Å². The Morgan fingerprint density at radius 3 is 2.68 bits per heavy atom. The Bertz CT molecular complexity index is 833. The van der Waals surface area contributed by atoms with Crippen LogP contribution in [0, 0.1) is 10.1 Å². The number of fused-ring (bicyclic) bond motifs is 3. The number of aromatic nitrogens is 2. The van der Waals surface area contributed by atoms with E-state index >= 15 is 0 Å². The molecule has 0 amide bonds. The molecule has 1 aromatic carbocycles. The zero-order valence-corrected chi connectivity index (χ0v) is 9.80. The molecule has 8 heteroatoms. The van der Waals surface area contributed by atoms with Crippen molar-refractivity contribution in [1.82, 2.24) is 9.66 Å². The van der Waals surface area contributed by atoms with Crippen LogP contribution in [0.15, 0.2) is 15.7 Å². The van der Waals surface area contributed by atoms with Crippen LogP contribution in [0.5, 0.6) is 0 Å². The highest BCUT2D eigenvalue weighted by Crippen LogP contribution is 2.34. The molecule has 1 aliphatic carbocycles. The number of benzene rings is 1. The number of hydrogen-bond acceptors (Lipinski definition) is 5. The molecule has 3 rings (SSSR count). The average molecular weight is 262 g/mol. The van der Waals surface area contributed by atoms with Crippen LogP contribution in [0.1, 0.15) is 17.5 Å². The van der Waals surface area contributed by atoms with Crippen molar-refractivity contribution in [3.8, 4) is 0 Å². The van der Waals surface area contributed by atoms with E-state index in [4.69, 9.17) is 5.84 Å². The van der Waals surface area contributed by atoms with Crippen LogP contribution < -0.4 is 17.0 Å². The molecule has 0 fully saturated rings. The molecule has 3 N–H and O–H groups in total. The Labute approximate surface area is 105 Å². The summed E-state index contributed by atoms with van der Waals surface area (Å²) in [5, 5.41) is 11.1. The Kier molecular flexibility index (Phi) is 2.21. The van der Waals surface area contributed by atoms with Crippen LogP contribution in [0.3, 0.4) is 0 Å². The van der Waals surface area contributed by atoms with Crippen molar-refractivity contribution < 1.29 is 4.92 Å². The van der Waals surface area contributed by atoms with Gasteiger partial charge in [0, 0.05) is 11.6 Å². The second-order valence-corrected chi connectivity index (χ2v) is 4.49. The number of nitro groups is 1. The molecule has 0 saturated carbocycles. The molecule has 0 unspecified atom stereocenters. The monoisotopic (exact) mass is 262 g/mol. The van der Waals surface area contributed by atoms with Gasteiger partial charge >= 0.3 is 11.1 Å². The molecule has 2 aromatic rings. The Hall–Kier alpha value is -2.64. The van der Waals surface area contributed by atoms with E-state index in [0.29, 0.717) is 34.2 Å². The number of hydrogen-bond donors (Lipinski definition) is 2. The van der Waals surface area contributed by atoms with Crippen molar-refractivity contribution in [2.75, 3.05) is 5.84 Å². The van der Waals surface area contributed by atoms with Crippen molar-refractivity contribution >= 4 is 16.7 Å². The van der Waals surface area contributed by atoms with E-state index in [1.54, 1.807) is 0 Å². The van der Waals surface area contributed by atoms with Gasteiger partial charge in [-0.25, -0.2) is 4.68 Å². The molecule has 98 valence electrons. The number of H-pyrrole nitrogens is 1. The third-order valence-corrected chi connectivity index (χ3v) is 3.47. The van der Waals surface area contributed by atoms with Crippen molar-refractivity contribution in [1.29, 1.82) is 0 Å². The summed E-state index contributed by atoms with van der Waals surface area (Å²) in [6, 6.07) is 1.25. The van der Waals surface area contributed by atoms with Gasteiger partial charge in [0.25, 0.3) is 5.69 Å². The SMILES string of the molecule is Nn1c(=O)c(=O)[nH]c2c3c(c([N+](=O)[O-])cc21)CCC3. The smallest absolute Gasteiger partial charge is 0.334 e. The van der Waals surface area contributed by atoms with Gasteiger partial charge in [0.15, 0.2) is 0 Å². The molecular weight excluding hydrogens is 252 g/mol. The third-order valence-electron chi connectivity index (χ3n) is 3.47. The lowest BCUT2D eigenvalue weighted by atomic mass is 10.1. The van der Waals surface area contributed by atoms with Gasteiger partial charge in [-0.3, -0.25) is 19.7 Å². The van der Waals surface area contributed by atoms with Crippen LogP contribution in [0.4, 0.5) is 5.69 Å². The molecule has 8 nitrogen and oxygen atoms in total. The molecule has 0 aliphatic heterocycles. The summed E-state index contributed by atoms with van der Waals surface area (Å²) in [6.07, 6.45) is 2.00. The molecule has 1 heterocycles. The number of nitrogens with zero attached hydrogens (tertiary/aromatic N) is 2. The summed E-state index contributed by atoms with van der Waals surface area (Å²) < 4.78 is 0.666. The maximum absolute atomic E-state index is 11.5. The first-order valence-corrected chi connectivity index (χ1v) is 5.74. The topological polar surface area (TPSA) is 124 Å². The minimum atomic E-state index is -0.931. The van der Waals surface area contributed by atoms with Gasteiger partial charge in [-0.15, -0.1) is 0 Å². The fourth-order valence-electron chi connectivity index (χ4n) is 2.62. The molecule has 1 aromatic heterocycles. The number of aromatic amines is 1. The highest BCUT2D eigenvalue weighted by molar-refractivity contribution is 5.84. The quantitative estimate of drug-likeness (QED) is 0.319. The van der Waals surface area contributed by atoms with E-state index in [1.807, 2.05) is 0 Å². The van der Waals surface area contributed by atoms with Gasteiger partial charge in [0.2, 0.25) is 0 Å². The van der Waals surface area contributed by atoms with E-state index in [2.05, 4.69) is 4.98 Å². The third kappa shape index (κ3) is 1.46. The van der Waals surface area contributed by atoms with E-state index in [-0.39, 0.29) is 11.2 Å². The van der Waals surface area contributed by atoms with E-state index in [0.717, 1.165) is 6.42 Å². The zero-order chi connectivity index (χ0) is 13.7. The summed E-state index contributed by atoms with van der Waals surface area (Å²) in [7, 11) is 0. The predicted octanol–water partition coefficient (Wildman–Crippen LogP) is -0.200. The van der Waals surface area contributed by atoms with Gasteiger partial charge in [0.1, 0.15) is 0 Å². The minimum Gasteiger partial charge on any atom is -0.336 e. The summed E-state index contributed by atoms with van der Waals surface area (Å²) >= 11 is 0. The van der Waals surface area contributed by atoms with Crippen molar-refractivity contribution in [2.24, 2.45) is 0 Å². The lowest BCUT2D eigenvalue weighted by Crippen LogP contribution is -2.40. The van der Waals surface area contributed by atoms with Crippen molar-refractivity contribution in [3.63, 3.8) is 0 Å². The summed E-state index contributed by atoms with van der Waals surface area (Å²) in [6.45, 7) is 0. The van der Waals surface area contributed by atoms with E-state index in [9.17, 15) is 19.7 Å². The van der Waals surface area contributed by atoms with Crippen LogP contribution in [0.2, 0.25) is 0 Å². The highest BCUT2D eigenvalue weighted by atomic mass is 16.6.